The molecule has 0 radical (unpaired) electrons. The topological polar surface area (TPSA) is 62.3 Å². The van der Waals surface area contributed by atoms with Gasteiger partial charge < -0.3 is 10.2 Å². The van der Waals surface area contributed by atoms with Crippen molar-refractivity contribution in [3.63, 3.8) is 0 Å². The van der Waals surface area contributed by atoms with E-state index < -0.39 is 0 Å². The molecule has 5 heteroatoms. The summed E-state index contributed by atoms with van der Waals surface area (Å²) in [5, 5.41) is 3.05. The van der Waals surface area contributed by atoms with Gasteiger partial charge in [-0.25, -0.2) is 0 Å². The Hall–Kier alpha value is -2.69. The van der Waals surface area contributed by atoms with Crippen LogP contribution in [0.15, 0.2) is 36.5 Å². The first-order valence-electron chi connectivity index (χ1n) is 10.2. The lowest BCUT2D eigenvalue weighted by molar-refractivity contribution is 0.0749. The molecular formula is C23H31N3O2. The van der Waals surface area contributed by atoms with Gasteiger partial charge in [0.15, 0.2) is 0 Å². The number of carbonyl (C=O) groups excluding carboxylic acids is 2. The average molecular weight is 382 g/mol. The van der Waals surface area contributed by atoms with Gasteiger partial charge in [0.2, 0.25) is 0 Å². The number of hydrogen-bond donors (Lipinski definition) is 1. The number of rotatable bonds is 9. The standard InChI is InChI=1S/C23H31N3O2/c1-5-14-26(15-6-2)23(28)20-16-19(12-13-24-20)22(27)25-21-17(7-3)10-9-11-18(21)8-4/h9-13,16H,5-8,14-15H2,1-4H3,(H,25,27). The summed E-state index contributed by atoms with van der Waals surface area (Å²) in [4.78, 5) is 31.7. The van der Waals surface area contributed by atoms with Crippen LogP contribution in [0.4, 0.5) is 5.69 Å². The number of pyridine rings is 1. The first-order chi connectivity index (χ1) is 13.5. The maximum atomic E-state index is 12.9. The van der Waals surface area contributed by atoms with Gasteiger partial charge >= 0.3 is 0 Å². The molecule has 2 rings (SSSR count). The van der Waals surface area contributed by atoms with Gasteiger partial charge in [-0.2, -0.15) is 0 Å². The van der Waals surface area contributed by atoms with Crippen molar-refractivity contribution < 1.29 is 9.59 Å². The van der Waals surface area contributed by atoms with Crippen molar-refractivity contribution in [2.75, 3.05) is 18.4 Å². The van der Waals surface area contributed by atoms with Crippen molar-refractivity contribution in [3.8, 4) is 0 Å². The molecule has 2 aromatic rings. The van der Waals surface area contributed by atoms with Gasteiger partial charge in [-0.05, 0) is 48.9 Å². The summed E-state index contributed by atoms with van der Waals surface area (Å²) >= 11 is 0. The van der Waals surface area contributed by atoms with Crippen LogP contribution in [0.1, 0.15) is 72.5 Å². The Bertz CT molecular complexity index is 789. The van der Waals surface area contributed by atoms with Gasteiger partial charge in [0.1, 0.15) is 5.69 Å². The maximum Gasteiger partial charge on any atom is 0.272 e. The molecule has 0 saturated carbocycles. The van der Waals surface area contributed by atoms with Crippen LogP contribution in [0.25, 0.3) is 0 Å². The molecule has 150 valence electrons. The molecule has 0 aliphatic carbocycles. The van der Waals surface area contributed by atoms with Crippen molar-refractivity contribution >= 4 is 17.5 Å². The van der Waals surface area contributed by atoms with Crippen molar-refractivity contribution in [2.45, 2.75) is 53.4 Å². The Kier molecular flexibility index (Phi) is 8.18. The van der Waals surface area contributed by atoms with E-state index in [1.807, 2.05) is 32.0 Å². The average Bonchev–Trinajstić information content (AvgIpc) is 2.73. The number of aryl methyl sites for hydroxylation is 2. The number of nitrogens with one attached hydrogen (secondary N) is 1. The molecule has 1 aromatic heterocycles. The van der Waals surface area contributed by atoms with E-state index in [-0.39, 0.29) is 11.8 Å². The first kappa shape index (κ1) is 21.6. The van der Waals surface area contributed by atoms with E-state index in [1.165, 1.54) is 6.20 Å². The van der Waals surface area contributed by atoms with Crippen LogP contribution >= 0.6 is 0 Å². The van der Waals surface area contributed by atoms with E-state index in [2.05, 4.69) is 24.1 Å². The monoisotopic (exact) mass is 381 g/mol. The van der Waals surface area contributed by atoms with Crippen molar-refractivity contribution in [3.05, 3.63) is 58.9 Å². The quantitative estimate of drug-likeness (QED) is 0.683. The van der Waals surface area contributed by atoms with Crippen LogP contribution in [0.2, 0.25) is 0 Å². The third-order valence-electron chi connectivity index (χ3n) is 4.75. The van der Waals surface area contributed by atoms with E-state index in [4.69, 9.17) is 0 Å². The summed E-state index contributed by atoms with van der Waals surface area (Å²) < 4.78 is 0. The Morgan fingerprint density at radius 3 is 2.11 bits per heavy atom. The maximum absolute atomic E-state index is 12.9. The van der Waals surface area contributed by atoms with Crippen LogP contribution in [0.5, 0.6) is 0 Å². The lowest BCUT2D eigenvalue weighted by Gasteiger charge is -2.21. The van der Waals surface area contributed by atoms with Crippen molar-refractivity contribution in [2.24, 2.45) is 0 Å². The number of amides is 2. The number of benzene rings is 1. The van der Waals surface area contributed by atoms with E-state index >= 15 is 0 Å². The van der Waals surface area contributed by atoms with Gasteiger partial charge in [0, 0.05) is 30.5 Å². The summed E-state index contributed by atoms with van der Waals surface area (Å²) in [5.74, 6) is -0.342. The lowest BCUT2D eigenvalue weighted by atomic mass is 10.0. The third-order valence-corrected chi connectivity index (χ3v) is 4.75. The van der Waals surface area contributed by atoms with Crippen LogP contribution < -0.4 is 5.32 Å². The Balaban J connectivity index is 2.27. The third kappa shape index (κ3) is 5.18. The van der Waals surface area contributed by atoms with Gasteiger partial charge in [-0.1, -0.05) is 45.9 Å². The van der Waals surface area contributed by atoms with Gasteiger partial charge in [-0.3, -0.25) is 14.6 Å². The number of anilines is 1. The lowest BCUT2D eigenvalue weighted by Crippen LogP contribution is -2.33. The van der Waals surface area contributed by atoms with E-state index in [0.717, 1.165) is 42.5 Å². The van der Waals surface area contributed by atoms with Gasteiger partial charge in [-0.15, -0.1) is 0 Å². The minimum atomic E-state index is -0.218. The molecule has 2 amide bonds. The van der Waals surface area contributed by atoms with Crippen molar-refractivity contribution in [1.82, 2.24) is 9.88 Å². The fraction of sp³-hybridized carbons (Fsp3) is 0.435. The highest BCUT2D eigenvalue weighted by Gasteiger charge is 2.18. The number of carbonyl (C=O) groups is 2. The molecule has 0 aliphatic rings. The SMILES string of the molecule is CCCN(CCC)C(=O)c1cc(C(=O)Nc2c(CC)cccc2CC)ccn1. The van der Waals surface area contributed by atoms with E-state index in [0.29, 0.717) is 24.3 Å². The zero-order valence-electron chi connectivity index (χ0n) is 17.4. The molecule has 0 aliphatic heterocycles. The highest BCUT2D eigenvalue weighted by atomic mass is 16.2. The fourth-order valence-corrected chi connectivity index (χ4v) is 3.29. The summed E-state index contributed by atoms with van der Waals surface area (Å²) in [6, 6.07) is 9.33. The molecule has 0 fully saturated rings. The highest BCUT2D eigenvalue weighted by Crippen LogP contribution is 2.23. The van der Waals surface area contributed by atoms with Crippen LogP contribution in [-0.4, -0.2) is 34.8 Å². The Morgan fingerprint density at radius 2 is 1.57 bits per heavy atom. The Labute approximate surface area is 168 Å². The van der Waals surface area contributed by atoms with Gasteiger partial charge in [0.05, 0.1) is 0 Å². The zero-order chi connectivity index (χ0) is 20.5. The van der Waals surface area contributed by atoms with Crippen LogP contribution in [0, 0.1) is 0 Å². The molecule has 1 N–H and O–H groups in total. The molecule has 28 heavy (non-hydrogen) atoms. The molecule has 0 saturated heterocycles. The Morgan fingerprint density at radius 1 is 0.964 bits per heavy atom. The fourth-order valence-electron chi connectivity index (χ4n) is 3.29. The smallest absolute Gasteiger partial charge is 0.272 e. The van der Waals surface area contributed by atoms with E-state index in [1.54, 1.807) is 17.0 Å². The predicted octanol–water partition coefficient (Wildman–Crippen LogP) is 4.72. The highest BCUT2D eigenvalue weighted by molar-refractivity contribution is 6.06. The molecule has 0 unspecified atom stereocenters. The van der Waals surface area contributed by atoms with E-state index in [9.17, 15) is 9.59 Å². The second-order valence-electron chi connectivity index (χ2n) is 6.83. The van der Waals surface area contributed by atoms with Crippen LogP contribution in [-0.2, 0) is 12.8 Å². The second kappa shape index (κ2) is 10.6. The second-order valence-corrected chi connectivity index (χ2v) is 6.83. The number of hydrogen-bond acceptors (Lipinski definition) is 3. The van der Waals surface area contributed by atoms with Crippen LogP contribution in [0.3, 0.4) is 0 Å². The molecule has 0 bridgehead atoms. The number of para-hydroxylation sites is 1. The summed E-state index contributed by atoms with van der Waals surface area (Å²) in [5.41, 5.74) is 3.85. The molecule has 0 atom stereocenters. The zero-order valence-corrected chi connectivity index (χ0v) is 17.4. The molecule has 1 heterocycles. The predicted molar refractivity (Wildman–Crippen MR) is 114 cm³/mol. The summed E-state index contributed by atoms with van der Waals surface area (Å²) in [6.07, 6.45) is 4.99. The van der Waals surface area contributed by atoms with Crippen molar-refractivity contribution in [1.29, 1.82) is 0 Å². The molecule has 1 aromatic carbocycles. The molecule has 0 spiro atoms. The minimum Gasteiger partial charge on any atom is -0.337 e. The number of nitrogens with zero attached hydrogens (tertiary/aromatic N) is 2. The first-order valence-corrected chi connectivity index (χ1v) is 10.2. The minimum absolute atomic E-state index is 0.124. The molecule has 5 nitrogen and oxygen atoms in total. The molecular weight excluding hydrogens is 350 g/mol. The normalized spacial score (nSPS) is 10.6. The largest absolute Gasteiger partial charge is 0.337 e. The van der Waals surface area contributed by atoms with Gasteiger partial charge in [0.25, 0.3) is 11.8 Å². The summed E-state index contributed by atoms with van der Waals surface area (Å²) in [7, 11) is 0. The number of aromatic nitrogens is 1. The summed E-state index contributed by atoms with van der Waals surface area (Å²) in [6.45, 7) is 9.61.